The topological polar surface area (TPSA) is 68.0 Å². The van der Waals surface area contributed by atoms with Crippen molar-refractivity contribution in [3.8, 4) is 0 Å². The van der Waals surface area contributed by atoms with Crippen LogP contribution in [0.4, 0.5) is 5.82 Å². The van der Waals surface area contributed by atoms with Crippen LogP contribution in [0.15, 0.2) is 18.3 Å². The average molecular weight is 270 g/mol. The Labute approximate surface area is 113 Å². The van der Waals surface area contributed by atoms with E-state index >= 15 is 0 Å². The standard InChI is InChI=1S/C13H20ClN3O/c1-9(4-3-5-10(2)15)13(18)17-12-8-11(14)6-7-16-12/h6-10H,3-5,15H2,1-2H3,(H,16,17,18). The van der Waals surface area contributed by atoms with Gasteiger partial charge < -0.3 is 11.1 Å². The molecule has 5 heteroatoms. The van der Waals surface area contributed by atoms with Crippen LogP contribution in [0.2, 0.25) is 5.02 Å². The molecule has 1 amide bonds. The first kappa shape index (κ1) is 14.9. The predicted molar refractivity (Wildman–Crippen MR) is 74.5 cm³/mol. The molecule has 0 saturated heterocycles. The number of anilines is 1. The molecule has 1 heterocycles. The van der Waals surface area contributed by atoms with Crippen LogP contribution in [0, 0.1) is 5.92 Å². The van der Waals surface area contributed by atoms with Crippen molar-refractivity contribution in [2.24, 2.45) is 11.7 Å². The number of halogens is 1. The van der Waals surface area contributed by atoms with Crippen LogP contribution in [-0.2, 0) is 4.79 Å². The highest BCUT2D eigenvalue weighted by Gasteiger charge is 2.13. The first-order valence-corrected chi connectivity index (χ1v) is 6.55. The van der Waals surface area contributed by atoms with Crippen molar-refractivity contribution in [2.75, 3.05) is 5.32 Å². The van der Waals surface area contributed by atoms with Crippen molar-refractivity contribution < 1.29 is 4.79 Å². The molecular formula is C13H20ClN3O. The third kappa shape index (κ3) is 5.47. The number of amides is 1. The summed E-state index contributed by atoms with van der Waals surface area (Å²) in [5, 5.41) is 3.31. The molecule has 1 aromatic heterocycles. The van der Waals surface area contributed by atoms with Gasteiger partial charge in [-0.15, -0.1) is 0 Å². The molecule has 0 spiro atoms. The SMILES string of the molecule is CC(N)CCCC(C)C(=O)Nc1cc(Cl)ccn1. The van der Waals surface area contributed by atoms with Gasteiger partial charge in [0, 0.05) is 23.2 Å². The highest BCUT2D eigenvalue weighted by molar-refractivity contribution is 6.30. The summed E-state index contributed by atoms with van der Waals surface area (Å²) in [7, 11) is 0. The van der Waals surface area contributed by atoms with E-state index in [-0.39, 0.29) is 17.9 Å². The maximum Gasteiger partial charge on any atom is 0.228 e. The van der Waals surface area contributed by atoms with Gasteiger partial charge in [-0.25, -0.2) is 4.98 Å². The Morgan fingerprint density at radius 1 is 1.50 bits per heavy atom. The van der Waals surface area contributed by atoms with E-state index in [4.69, 9.17) is 17.3 Å². The van der Waals surface area contributed by atoms with Crippen molar-refractivity contribution in [1.82, 2.24) is 4.98 Å². The van der Waals surface area contributed by atoms with E-state index in [1.807, 2.05) is 13.8 Å². The second kappa shape index (κ2) is 7.34. The molecule has 0 bridgehead atoms. The summed E-state index contributed by atoms with van der Waals surface area (Å²) in [4.78, 5) is 15.9. The molecule has 0 fully saturated rings. The number of carbonyl (C=O) groups is 1. The van der Waals surface area contributed by atoms with Crippen LogP contribution >= 0.6 is 11.6 Å². The zero-order valence-electron chi connectivity index (χ0n) is 10.8. The molecule has 4 nitrogen and oxygen atoms in total. The number of rotatable bonds is 6. The van der Waals surface area contributed by atoms with Gasteiger partial charge in [0.1, 0.15) is 5.82 Å². The van der Waals surface area contributed by atoms with E-state index < -0.39 is 0 Å². The number of aromatic nitrogens is 1. The van der Waals surface area contributed by atoms with E-state index in [9.17, 15) is 4.79 Å². The maximum atomic E-state index is 11.9. The molecule has 0 aliphatic carbocycles. The van der Waals surface area contributed by atoms with Crippen molar-refractivity contribution >= 4 is 23.3 Å². The van der Waals surface area contributed by atoms with Crippen LogP contribution in [-0.4, -0.2) is 16.9 Å². The number of carbonyl (C=O) groups excluding carboxylic acids is 1. The first-order chi connectivity index (χ1) is 8.49. The van der Waals surface area contributed by atoms with Gasteiger partial charge in [0.05, 0.1) is 0 Å². The minimum Gasteiger partial charge on any atom is -0.328 e. The molecule has 1 aromatic rings. The van der Waals surface area contributed by atoms with Gasteiger partial charge >= 0.3 is 0 Å². The molecule has 2 unspecified atom stereocenters. The van der Waals surface area contributed by atoms with E-state index in [1.165, 1.54) is 0 Å². The quantitative estimate of drug-likeness (QED) is 0.834. The lowest BCUT2D eigenvalue weighted by Crippen LogP contribution is -2.22. The number of nitrogens with two attached hydrogens (primary N) is 1. The van der Waals surface area contributed by atoms with Gasteiger partial charge in [-0.1, -0.05) is 24.9 Å². The highest BCUT2D eigenvalue weighted by Crippen LogP contribution is 2.15. The van der Waals surface area contributed by atoms with E-state index in [2.05, 4.69) is 10.3 Å². The fourth-order valence-electron chi connectivity index (χ4n) is 1.60. The van der Waals surface area contributed by atoms with E-state index in [0.29, 0.717) is 10.8 Å². The lowest BCUT2D eigenvalue weighted by molar-refractivity contribution is -0.119. The Kier molecular flexibility index (Phi) is 6.09. The number of hydrogen-bond donors (Lipinski definition) is 2. The molecule has 2 atom stereocenters. The lowest BCUT2D eigenvalue weighted by atomic mass is 10.0. The third-order valence-corrected chi connectivity index (χ3v) is 2.95. The number of nitrogens with one attached hydrogen (secondary N) is 1. The van der Waals surface area contributed by atoms with Crippen molar-refractivity contribution in [3.63, 3.8) is 0 Å². The predicted octanol–water partition coefficient (Wildman–Crippen LogP) is 2.83. The number of pyridine rings is 1. The van der Waals surface area contributed by atoms with Crippen LogP contribution in [0.25, 0.3) is 0 Å². The summed E-state index contributed by atoms with van der Waals surface area (Å²) >= 11 is 5.82. The van der Waals surface area contributed by atoms with Gasteiger partial charge in [-0.3, -0.25) is 4.79 Å². The Morgan fingerprint density at radius 2 is 2.22 bits per heavy atom. The Bertz CT molecular complexity index is 396. The second-order valence-corrected chi connectivity index (χ2v) is 5.09. The fraction of sp³-hybridized carbons (Fsp3) is 0.538. The lowest BCUT2D eigenvalue weighted by Gasteiger charge is -2.12. The summed E-state index contributed by atoms with van der Waals surface area (Å²) in [5.41, 5.74) is 5.67. The maximum absolute atomic E-state index is 11.9. The number of nitrogens with zero attached hydrogens (tertiary/aromatic N) is 1. The summed E-state index contributed by atoms with van der Waals surface area (Å²) in [6.45, 7) is 3.88. The molecule has 0 aromatic carbocycles. The normalized spacial score (nSPS) is 14.0. The van der Waals surface area contributed by atoms with Crippen LogP contribution in [0.1, 0.15) is 33.1 Å². The Hall–Kier alpha value is -1.13. The number of hydrogen-bond acceptors (Lipinski definition) is 3. The summed E-state index contributed by atoms with van der Waals surface area (Å²) in [5.74, 6) is 0.408. The summed E-state index contributed by atoms with van der Waals surface area (Å²) in [6.07, 6.45) is 4.29. The van der Waals surface area contributed by atoms with Gasteiger partial charge in [0.2, 0.25) is 5.91 Å². The second-order valence-electron chi connectivity index (χ2n) is 4.66. The monoisotopic (exact) mass is 269 g/mol. The highest BCUT2D eigenvalue weighted by atomic mass is 35.5. The van der Waals surface area contributed by atoms with Crippen molar-refractivity contribution in [2.45, 2.75) is 39.2 Å². The zero-order valence-corrected chi connectivity index (χ0v) is 11.6. The van der Waals surface area contributed by atoms with Crippen LogP contribution in [0.3, 0.4) is 0 Å². The molecule has 1 rings (SSSR count). The Balaban J connectivity index is 2.40. The smallest absolute Gasteiger partial charge is 0.228 e. The largest absolute Gasteiger partial charge is 0.328 e. The van der Waals surface area contributed by atoms with Gasteiger partial charge in [0.25, 0.3) is 0 Å². The molecule has 3 N–H and O–H groups in total. The summed E-state index contributed by atoms with van der Waals surface area (Å²) in [6, 6.07) is 3.49. The van der Waals surface area contributed by atoms with Crippen LogP contribution in [0.5, 0.6) is 0 Å². The average Bonchev–Trinajstić information content (AvgIpc) is 2.28. The molecule has 0 aliphatic rings. The molecule has 0 aliphatic heterocycles. The van der Waals surface area contributed by atoms with Crippen LogP contribution < -0.4 is 11.1 Å². The molecule has 0 saturated carbocycles. The van der Waals surface area contributed by atoms with Gasteiger partial charge in [-0.2, -0.15) is 0 Å². The van der Waals surface area contributed by atoms with Crippen molar-refractivity contribution in [1.29, 1.82) is 0 Å². The van der Waals surface area contributed by atoms with E-state index in [1.54, 1.807) is 18.3 Å². The molecule has 100 valence electrons. The molecule has 18 heavy (non-hydrogen) atoms. The fourth-order valence-corrected chi connectivity index (χ4v) is 1.76. The van der Waals surface area contributed by atoms with Gasteiger partial charge in [0.15, 0.2) is 0 Å². The first-order valence-electron chi connectivity index (χ1n) is 6.17. The third-order valence-electron chi connectivity index (χ3n) is 2.72. The molecule has 0 radical (unpaired) electrons. The van der Waals surface area contributed by atoms with Gasteiger partial charge in [-0.05, 0) is 31.9 Å². The zero-order chi connectivity index (χ0) is 13.5. The Morgan fingerprint density at radius 3 is 2.83 bits per heavy atom. The minimum absolute atomic E-state index is 0.0329. The van der Waals surface area contributed by atoms with E-state index in [0.717, 1.165) is 19.3 Å². The summed E-state index contributed by atoms with van der Waals surface area (Å²) < 4.78 is 0. The minimum atomic E-state index is -0.0514. The molecular weight excluding hydrogens is 250 g/mol. The van der Waals surface area contributed by atoms with Crippen molar-refractivity contribution in [3.05, 3.63) is 23.4 Å².